The molecule has 0 radical (unpaired) electrons. The number of nitrogens with zero attached hydrogens (tertiary/aromatic N) is 3. The highest BCUT2D eigenvalue weighted by Gasteiger charge is 2.21. The third kappa shape index (κ3) is 6.73. The predicted octanol–water partition coefficient (Wildman–Crippen LogP) is 4.68. The van der Waals surface area contributed by atoms with Gasteiger partial charge < -0.3 is 21.3 Å². The number of alkyl halides is 1. The Hall–Kier alpha value is -4.05. The maximum absolute atomic E-state index is 14.4. The number of aromatic nitrogens is 2. The van der Waals surface area contributed by atoms with E-state index in [1.165, 1.54) is 6.08 Å². The van der Waals surface area contributed by atoms with Crippen molar-refractivity contribution in [1.29, 1.82) is 0 Å². The van der Waals surface area contributed by atoms with E-state index in [2.05, 4.69) is 42.7 Å². The Bertz CT molecular complexity index is 1170. The number of nitrogens with one attached hydrogen (secondary N) is 4. The number of amides is 1. The molecule has 1 aromatic heterocycles. The summed E-state index contributed by atoms with van der Waals surface area (Å²) in [6.45, 7) is 5.30. The molecule has 182 valence electrons. The van der Waals surface area contributed by atoms with Crippen molar-refractivity contribution < 1.29 is 13.6 Å². The molecule has 35 heavy (non-hydrogen) atoms. The van der Waals surface area contributed by atoms with Crippen LogP contribution < -0.4 is 21.3 Å². The summed E-state index contributed by atoms with van der Waals surface area (Å²) in [7, 11) is 0. The molecule has 2 aromatic carbocycles. The third-order valence-corrected chi connectivity index (χ3v) is 5.51. The summed E-state index contributed by atoms with van der Waals surface area (Å²) in [6.07, 6.45) is 3.23. The van der Waals surface area contributed by atoms with Gasteiger partial charge in [0, 0.05) is 48.4 Å². The molecule has 0 spiro atoms. The maximum Gasteiger partial charge on any atom is 0.247 e. The minimum Gasteiger partial charge on any atom is -0.381 e. The summed E-state index contributed by atoms with van der Waals surface area (Å²) in [5.74, 6) is -0.741. The molecule has 8 nitrogen and oxygen atoms in total. The van der Waals surface area contributed by atoms with E-state index in [0.717, 1.165) is 37.1 Å². The number of carbonyl (C=O) groups is 1. The van der Waals surface area contributed by atoms with E-state index < -0.39 is 5.82 Å². The van der Waals surface area contributed by atoms with Crippen LogP contribution >= 0.6 is 0 Å². The fourth-order valence-corrected chi connectivity index (χ4v) is 3.81. The summed E-state index contributed by atoms with van der Waals surface area (Å²) in [5, 5.41) is 12.1. The highest BCUT2D eigenvalue weighted by atomic mass is 19.1. The summed E-state index contributed by atoms with van der Waals surface area (Å²) in [4.78, 5) is 21.9. The minimum atomic E-state index is -0.617. The number of rotatable bonds is 10. The SMILES string of the molecule is C=CC(=O)Nc1cccc(Nc2nc(Nc3ccc(N[C@@H]4CCN(CCF)C4)cc3)ncc2F)c1. The molecule has 1 aliphatic rings. The van der Waals surface area contributed by atoms with Crippen molar-refractivity contribution in [3.05, 3.63) is 73.2 Å². The van der Waals surface area contributed by atoms with Crippen molar-refractivity contribution in [2.75, 3.05) is 47.6 Å². The Morgan fingerprint density at radius 3 is 2.66 bits per heavy atom. The van der Waals surface area contributed by atoms with Gasteiger partial charge in [-0.05, 0) is 55.0 Å². The van der Waals surface area contributed by atoms with E-state index >= 15 is 0 Å². The van der Waals surface area contributed by atoms with Gasteiger partial charge in [0.25, 0.3) is 0 Å². The highest BCUT2D eigenvalue weighted by Crippen LogP contribution is 2.24. The normalized spacial score (nSPS) is 15.4. The lowest BCUT2D eigenvalue weighted by Gasteiger charge is -2.16. The number of carbonyl (C=O) groups excluding carboxylic acids is 1. The van der Waals surface area contributed by atoms with Crippen LogP contribution in [0.5, 0.6) is 0 Å². The number of anilines is 6. The van der Waals surface area contributed by atoms with Crippen molar-refractivity contribution in [2.45, 2.75) is 12.5 Å². The second kappa shape index (κ2) is 11.4. The zero-order valence-corrected chi connectivity index (χ0v) is 19.1. The lowest BCUT2D eigenvalue weighted by molar-refractivity contribution is -0.111. The van der Waals surface area contributed by atoms with Gasteiger partial charge in [-0.1, -0.05) is 12.6 Å². The Morgan fingerprint density at radius 2 is 1.89 bits per heavy atom. The van der Waals surface area contributed by atoms with Crippen LogP contribution in [0.4, 0.5) is 43.3 Å². The molecule has 10 heteroatoms. The van der Waals surface area contributed by atoms with Gasteiger partial charge in [0.2, 0.25) is 11.9 Å². The van der Waals surface area contributed by atoms with Crippen LogP contribution in [0.15, 0.2) is 67.4 Å². The summed E-state index contributed by atoms with van der Waals surface area (Å²) >= 11 is 0. The first-order chi connectivity index (χ1) is 17.0. The zero-order valence-electron chi connectivity index (χ0n) is 19.1. The maximum atomic E-state index is 14.4. The Morgan fingerprint density at radius 1 is 1.11 bits per heavy atom. The number of hydrogen-bond donors (Lipinski definition) is 4. The number of likely N-dealkylation sites (tertiary alicyclic amines) is 1. The van der Waals surface area contributed by atoms with Gasteiger partial charge in [-0.25, -0.2) is 13.8 Å². The summed E-state index contributed by atoms with van der Waals surface area (Å²) in [5.41, 5.74) is 2.79. The van der Waals surface area contributed by atoms with Crippen LogP contribution in [-0.4, -0.2) is 53.1 Å². The molecule has 0 aliphatic carbocycles. The topological polar surface area (TPSA) is 94.2 Å². The average Bonchev–Trinajstić information content (AvgIpc) is 3.29. The molecule has 4 N–H and O–H groups in total. The first-order valence-electron chi connectivity index (χ1n) is 11.3. The van der Waals surface area contributed by atoms with Crippen LogP contribution in [0, 0.1) is 5.82 Å². The van der Waals surface area contributed by atoms with Crippen molar-refractivity contribution >= 4 is 40.4 Å². The summed E-state index contributed by atoms with van der Waals surface area (Å²) in [6, 6.07) is 14.7. The van der Waals surface area contributed by atoms with Crippen molar-refractivity contribution in [1.82, 2.24) is 14.9 Å². The van der Waals surface area contributed by atoms with Crippen LogP contribution in [0.3, 0.4) is 0 Å². The molecule has 1 atom stereocenters. The Kier molecular flexibility index (Phi) is 7.84. The second-order valence-corrected chi connectivity index (χ2v) is 8.11. The van der Waals surface area contributed by atoms with Gasteiger partial charge in [0.1, 0.15) is 6.67 Å². The van der Waals surface area contributed by atoms with Gasteiger partial charge >= 0.3 is 0 Å². The summed E-state index contributed by atoms with van der Waals surface area (Å²) < 4.78 is 26.9. The van der Waals surface area contributed by atoms with Gasteiger partial charge in [0.15, 0.2) is 11.6 Å². The average molecular weight is 480 g/mol. The fraction of sp³-hybridized carbons (Fsp3) is 0.240. The molecule has 4 rings (SSSR count). The largest absolute Gasteiger partial charge is 0.381 e. The first-order valence-corrected chi connectivity index (χ1v) is 11.3. The lowest BCUT2D eigenvalue weighted by Crippen LogP contribution is -2.27. The van der Waals surface area contributed by atoms with Crippen LogP contribution in [0.25, 0.3) is 0 Å². The molecule has 0 unspecified atom stereocenters. The van der Waals surface area contributed by atoms with E-state index in [1.807, 2.05) is 24.3 Å². The number of halogens is 2. The molecule has 1 aliphatic heterocycles. The fourth-order valence-electron chi connectivity index (χ4n) is 3.81. The Balaban J connectivity index is 1.38. The van der Waals surface area contributed by atoms with E-state index in [0.29, 0.717) is 17.9 Å². The van der Waals surface area contributed by atoms with Crippen LogP contribution in [-0.2, 0) is 4.79 Å². The first kappa shape index (κ1) is 24.1. The molecule has 1 fully saturated rings. The van der Waals surface area contributed by atoms with Crippen molar-refractivity contribution in [2.24, 2.45) is 0 Å². The van der Waals surface area contributed by atoms with Crippen molar-refractivity contribution in [3.63, 3.8) is 0 Å². The van der Waals surface area contributed by atoms with E-state index in [1.54, 1.807) is 24.3 Å². The highest BCUT2D eigenvalue weighted by molar-refractivity contribution is 5.99. The molecule has 1 saturated heterocycles. The van der Waals surface area contributed by atoms with Gasteiger partial charge in [-0.15, -0.1) is 0 Å². The predicted molar refractivity (Wildman–Crippen MR) is 135 cm³/mol. The lowest BCUT2D eigenvalue weighted by atomic mass is 10.2. The van der Waals surface area contributed by atoms with Gasteiger partial charge in [-0.3, -0.25) is 9.69 Å². The Labute approximate surface area is 202 Å². The van der Waals surface area contributed by atoms with E-state index in [4.69, 9.17) is 0 Å². The smallest absolute Gasteiger partial charge is 0.247 e. The zero-order chi connectivity index (χ0) is 24.6. The molecule has 3 aromatic rings. The second-order valence-electron chi connectivity index (χ2n) is 8.11. The van der Waals surface area contributed by atoms with Gasteiger partial charge in [0.05, 0.1) is 6.20 Å². The van der Waals surface area contributed by atoms with E-state index in [9.17, 15) is 13.6 Å². The van der Waals surface area contributed by atoms with Gasteiger partial charge in [-0.2, -0.15) is 4.98 Å². The standard InChI is InChI=1S/C25H27F2N7O/c1-2-23(35)30-19-4-3-5-20(14-19)31-24-22(27)15-28-25(33-24)32-18-8-6-17(7-9-18)29-21-10-12-34(16-21)13-11-26/h2-9,14-15,21,29H,1,10-13,16H2,(H,30,35)(H2,28,31,32,33)/t21-/m1/s1. The molecule has 0 bridgehead atoms. The van der Waals surface area contributed by atoms with Crippen LogP contribution in [0.2, 0.25) is 0 Å². The quantitative estimate of drug-likeness (QED) is 0.314. The minimum absolute atomic E-state index is 0.00736. The third-order valence-electron chi connectivity index (χ3n) is 5.51. The number of benzene rings is 2. The van der Waals surface area contributed by atoms with Crippen LogP contribution in [0.1, 0.15) is 6.42 Å². The molecule has 0 saturated carbocycles. The molecule has 2 heterocycles. The number of hydrogen-bond acceptors (Lipinski definition) is 7. The van der Waals surface area contributed by atoms with Crippen molar-refractivity contribution in [3.8, 4) is 0 Å². The molecular weight excluding hydrogens is 452 g/mol. The monoisotopic (exact) mass is 479 g/mol. The molecule has 1 amide bonds. The van der Waals surface area contributed by atoms with E-state index in [-0.39, 0.29) is 30.4 Å². The molecular formula is C25H27F2N7O.